The molecule has 1 atom stereocenters. The highest BCUT2D eigenvalue weighted by molar-refractivity contribution is 5.84. The molecule has 2 rings (SSSR count). The smallest absolute Gasteiger partial charge is 0.240 e. The Kier molecular flexibility index (Phi) is 4.06. The normalized spacial score (nSPS) is 18.6. The van der Waals surface area contributed by atoms with Gasteiger partial charge in [-0.1, -0.05) is 0 Å². The van der Waals surface area contributed by atoms with E-state index in [1.807, 2.05) is 4.90 Å². The van der Waals surface area contributed by atoms with Crippen molar-refractivity contribution in [3.8, 4) is 0 Å². The van der Waals surface area contributed by atoms with Gasteiger partial charge in [0.2, 0.25) is 5.91 Å². The number of nitrogens with zero attached hydrogens (tertiary/aromatic N) is 2. The number of carbonyl (C=O) groups is 1. The second-order valence-corrected chi connectivity index (χ2v) is 4.51. The van der Waals surface area contributed by atoms with E-state index in [9.17, 15) is 4.79 Å². The molecule has 0 radical (unpaired) electrons. The lowest BCUT2D eigenvalue weighted by atomic mass is 10.2. The largest absolute Gasteiger partial charge is 0.396 e. The summed E-state index contributed by atoms with van der Waals surface area (Å²) in [6.07, 6.45) is 1.67. The van der Waals surface area contributed by atoms with E-state index in [0.29, 0.717) is 23.9 Å². The van der Waals surface area contributed by atoms with Crippen LogP contribution in [0.15, 0.2) is 12.1 Å². The van der Waals surface area contributed by atoms with Crippen LogP contribution in [-0.2, 0) is 4.79 Å². The molecule has 1 aliphatic rings. The maximum Gasteiger partial charge on any atom is 0.240 e. The van der Waals surface area contributed by atoms with Gasteiger partial charge >= 0.3 is 0 Å². The number of aromatic nitrogens is 1. The average Bonchev–Trinajstić information content (AvgIpc) is 2.87. The van der Waals surface area contributed by atoms with Crippen molar-refractivity contribution in [3.63, 3.8) is 0 Å². The first-order valence-corrected chi connectivity index (χ1v) is 6.30. The Morgan fingerprint density at radius 3 is 3.05 bits per heavy atom. The summed E-state index contributed by atoms with van der Waals surface area (Å²) in [5.74, 6) is 0.860. The van der Waals surface area contributed by atoms with Crippen LogP contribution in [0.5, 0.6) is 0 Å². The number of carbonyl (C=O) groups excluding carboxylic acids is 1. The van der Waals surface area contributed by atoms with Crippen LogP contribution in [0.1, 0.15) is 12.8 Å². The highest BCUT2D eigenvalue weighted by Crippen LogP contribution is 2.27. The molecule has 1 unspecified atom stereocenters. The lowest BCUT2D eigenvalue weighted by Crippen LogP contribution is -2.40. The van der Waals surface area contributed by atoms with Gasteiger partial charge in [0.15, 0.2) is 5.82 Å². The van der Waals surface area contributed by atoms with Gasteiger partial charge < -0.3 is 26.8 Å². The van der Waals surface area contributed by atoms with Crippen LogP contribution in [0.25, 0.3) is 0 Å². The summed E-state index contributed by atoms with van der Waals surface area (Å²) < 4.78 is 0. The Morgan fingerprint density at radius 1 is 1.58 bits per heavy atom. The van der Waals surface area contributed by atoms with Gasteiger partial charge in [-0.3, -0.25) is 4.79 Å². The Labute approximate surface area is 111 Å². The molecular weight excluding hydrogens is 246 g/mol. The van der Waals surface area contributed by atoms with Crippen molar-refractivity contribution in [2.45, 2.75) is 18.9 Å². The molecular formula is C12H19N5O2. The van der Waals surface area contributed by atoms with Crippen LogP contribution in [0, 0.1) is 0 Å². The molecule has 0 aliphatic carbocycles. The van der Waals surface area contributed by atoms with Gasteiger partial charge in [-0.15, -0.1) is 0 Å². The van der Waals surface area contributed by atoms with Crippen molar-refractivity contribution >= 4 is 23.2 Å². The highest BCUT2D eigenvalue weighted by atomic mass is 16.3. The van der Waals surface area contributed by atoms with E-state index in [1.54, 1.807) is 12.1 Å². The first-order valence-electron chi connectivity index (χ1n) is 6.30. The topological polar surface area (TPSA) is 118 Å². The van der Waals surface area contributed by atoms with E-state index >= 15 is 0 Å². The first kappa shape index (κ1) is 13.4. The molecule has 1 aromatic heterocycles. The van der Waals surface area contributed by atoms with Crippen LogP contribution >= 0.6 is 0 Å². The fourth-order valence-corrected chi connectivity index (χ4v) is 2.27. The SMILES string of the molecule is NC(=O)C1CCCN1c1ccc(N)c(NCCO)n1. The third-order valence-corrected chi connectivity index (χ3v) is 3.19. The van der Waals surface area contributed by atoms with Gasteiger partial charge in [0.05, 0.1) is 12.3 Å². The van der Waals surface area contributed by atoms with E-state index in [1.165, 1.54) is 0 Å². The Balaban J connectivity index is 2.22. The second kappa shape index (κ2) is 5.75. The predicted molar refractivity (Wildman–Crippen MR) is 73.8 cm³/mol. The van der Waals surface area contributed by atoms with Crippen molar-refractivity contribution in [1.82, 2.24) is 4.98 Å². The van der Waals surface area contributed by atoms with Gasteiger partial charge in [0, 0.05) is 13.1 Å². The Hall–Kier alpha value is -2.02. The third-order valence-electron chi connectivity index (χ3n) is 3.19. The summed E-state index contributed by atoms with van der Waals surface area (Å²) in [6, 6.07) is 3.21. The van der Waals surface area contributed by atoms with Gasteiger partial charge in [0.1, 0.15) is 11.9 Å². The fourth-order valence-electron chi connectivity index (χ4n) is 2.27. The first-order chi connectivity index (χ1) is 9.13. The number of hydrogen-bond donors (Lipinski definition) is 4. The molecule has 2 heterocycles. The lowest BCUT2D eigenvalue weighted by molar-refractivity contribution is -0.119. The molecule has 1 amide bonds. The molecule has 1 fully saturated rings. The molecule has 104 valence electrons. The zero-order chi connectivity index (χ0) is 13.8. The number of primary amides is 1. The monoisotopic (exact) mass is 265 g/mol. The van der Waals surface area contributed by atoms with Crippen LogP contribution in [0.3, 0.4) is 0 Å². The molecule has 19 heavy (non-hydrogen) atoms. The molecule has 1 saturated heterocycles. The number of pyridine rings is 1. The number of nitrogens with two attached hydrogens (primary N) is 2. The van der Waals surface area contributed by atoms with Crippen LogP contribution in [0.4, 0.5) is 17.3 Å². The zero-order valence-corrected chi connectivity index (χ0v) is 10.7. The van der Waals surface area contributed by atoms with Crippen molar-refractivity contribution in [3.05, 3.63) is 12.1 Å². The van der Waals surface area contributed by atoms with Crippen molar-refractivity contribution in [1.29, 1.82) is 0 Å². The zero-order valence-electron chi connectivity index (χ0n) is 10.7. The molecule has 0 spiro atoms. The summed E-state index contributed by atoms with van der Waals surface area (Å²) in [5, 5.41) is 11.8. The molecule has 1 aliphatic heterocycles. The minimum atomic E-state index is -0.332. The molecule has 0 saturated carbocycles. The number of hydrogen-bond acceptors (Lipinski definition) is 6. The summed E-state index contributed by atoms with van der Waals surface area (Å²) in [7, 11) is 0. The number of anilines is 3. The number of amides is 1. The van der Waals surface area contributed by atoms with Crippen molar-refractivity contribution < 1.29 is 9.90 Å². The summed E-state index contributed by atoms with van der Waals surface area (Å²) in [5.41, 5.74) is 11.7. The number of rotatable bonds is 5. The van der Waals surface area contributed by atoms with Crippen LogP contribution in [0.2, 0.25) is 0 Å². The average molecular weight is 265 g/mol. The van der Waals surface area contributed by atoms with Gasteiger partial charge in [-0.2, -0.15) is 0 Å². The van der Waals surface area contributed by atoms with Crippen molar-refractivity contribution in [2.75, 3.05) is 35.6 Å². The van der Waals surface area contributed by atoms with Crippen LogP contribution in [-0.4, -0.2) is 41.7 Å². The summed E-state index contributed by atoms with van der Waals surface area (Å²) in [4.78, 5) is 17.7. The molecule has 0 bridgehead atoms. The molecule has 1 aromatic rings. The van der Waals surface area contributed by atoms with Gasteiger partial charge in [0.25, 0.3) is 0 Å². The second-order valence-electron chi connectivity index (χ2n) is 4.51. The van der Waals surface area contributed by atoms with E-state index in [0.717, 1.165) is 19.4 Å². The minimum absolute atomic E-state index is 0.00102. The standard InChI is InChI=1S/C12H19N5O2/c13-8-3-4-10(16-12(8)15-5-7-18)17-6-1-2-9(17)11(14)19/h3-4,9,18H,1-2,5-7,13H2,(H2,14,19)(H,15,16). The van der Waals surface area contributed by atoms with Gasteiger partial charge in [-0.05, 0) is 25.0 Å². The van der Waals surface area contributed by atoms with E-state index in [2.05, 4.69) is 10.3 Å². The van der Waals surface area contributed by atoms with E-state index in [4.69, 9.17) is 16.6 Å². The molecule has 0 aromatic carbocycles. The summed E-state index contributed by atoms with van der Waals surface area (Å²) >= 11 is 0. The maximum absolute atomic E-state index is 11.4. The minimum Gasteiger partial charge on any atom is -0.396 e. The molecule has 6 N–H and O–H groups in total. The fraction of sp³-hybridized carbons (Fsp3) is 0.500. The summed E-state index contributed by atoms with van der Waals surface area (Å²) in [6.45, 7) is 1.13. The highest BCUT2D eigenvalue weighted by Gasteiger charge is 2.30. The Bertz CT molecular complexity index is 465. The quantitative estimate of drug-likeness (QED) is 0.571. The number of nitrogen functional groups attached to an aromatic ring is 1. The molecule has 7 heteroatoms. The number of aliphatic hydroxyl groups is 1. The van der Waals surface area contributed by atoms with Crippen LogP contribution < -0.4 is 21.7 Å². The third kappa shape index (κ3) is 2.87. The van der Waals surface area contributed by atoms with Gasteiger partial charge in [-0.25, -0.2) is 4.98 Å². The number of nitrogens with one attached hydrogen (secondary N) is 1. The maximum atomic E-state index is 11.4. The lowest BCUT2D eigenvalue weighted by Gasteiger charge is -2.24. The predicted octanol–water partition coefficient (Wildman–Crippen LogP) is -0.478. The number of aliphatic hydroxyl groups excluding tert-OH is 1. The van der Waals surface area contributed by atoms with E-state index in [-0.39, 0.29) is 18.6 Å². The molecule has 7 nitrogen and oxygen atoms in total. The van der Waals surface area contributed by atoms with E-state index < -0.39 is 0 Å². The Morgan fingerprint density at radius 2 is 2.37 bits per heavy atom. The van der Waals surface area contributed by atoms with Crippen molar-refractivity contribution in [2.24, 2.45) is 5.73 Å².